The molecule has 0 spiro atoms. The van der Waals surface area contributed by atoms with Crippen molar-refractivity contribution in [3.63, 3.8) is 0 Å². The molecule has 0 fully saturated rings. The maximum absolute atomic E-state index is 6.00. The summed E-state index contributed by atoms with van der Waals surface area (Å²) in [4.78, 5) is 3.91. The number of hydrazone groups is 1. The van der Waals surface area contributed by atoms with E-state index in [1.807, 2.05) is 12.1 Å². The van der Waals surface area contributed by atoms with Crippen LogP contribution in [0.1, 0.15) is 5.56 Å². The summed E-state index contributed by atoms with van der Waals surface area (Å²) in [5.41, 5.74) is 4.40. The summed E-state index contributed by atoms with van der Waals surface area (Å²) in [6, 6.07) is 8.94. The zero-order chi connectivity index (χ0) is 12.1. The van der Waals surface area contributed by atoms with Crippen LogP contribution in [-0.4, -0.2) is 11.2 Å². The Bertz CT molecular complexity index is 509. The van der Waals surface area contributed by atoms with E-state index in [9.17, 15) is 0 Å². The Morgan fingerprint density at radius 3 is 2.28 bits per heavy atom. The van der Waals surface area contributed by atoms with Crippen LogP contribution in [0.15, 0.2) is 47.8 Å². The number of pyridine rings is 1. The Labute approximate surface area is 121 Å². The molecule has 0 aliphatic heterocycles. The van der Waals surface area contributed by atoms with Gasteiger partial charge >= 0.3 is 0 Å². The molecule has 18 heavy (non-hydrogen) atoms. The van der Waals surface area contributed by atoms with Crippen LogP contribution in [0.25, 0.3) is 0 Å². The van der Waals surface area contributed by atoms with Crippen LogP contribution in [0.2, 0.25) is 10.0 Å². The Balaban J connectivity index is 0.00000162. The van der Waals surface area contributed by atoms with Crippen LogP contribution in [0.5, 0.6) is 0 Å². The number of halogens is 3. The van der Waals surface area contributed by atoms with Gasteiger partial charge in [-0.25, -0.2) is 0 Å². The lowest BCUT2D eigenvalue weighted by molar-refractivity contribution is 1.28. The fourth-order valence-corrected chi connectivity index (χ4v) is 1.73. The number of rotatable bonds is 3. The fourth-order valence-electron chi connectivity index (χ4n) is 1.23. The molecular weight excluding hydrogens is 293 g/mol. The van der Waals surface area contributed by atoms with Gasteiger partial charge in [0.2, 0.25) is 0 Å². The molecule has 94 valence electrons. The van der Waals surface area contributed by atoms with Gasteiger partial charge in [0.25, 0.3) is 0 Å². The van der Waals surface area contributed by atoms with Crippen molar-refractivity contribution in [2.45, 2.75) is 0 Å². The highest BCUT2D eigenvalue weighted by atomic mass is 35.5. The van der Waals surface area contributed by atoms with Crippen LogP contribution in [0, 0.1) is 0 Å². The summed E-state index contributed by atoms with van der Waals surface area (Å²) < 4.78 is 0. The third-order valence-corrected chi connectivity index (χ3v) is 2.73. The van der Waals surface area contributed by atoms with Crippen LogP contribution in [0.4, 0.5) is 5.69 Å². The Morgan fingerprint density at radius 2 is 1.67 bits per heavy atom. The van der Waals surface area contributed by atoms with Gasteiger partial charge in [-0.05, 0) is 24.3 Å². The smallest absolute Gasteiger partial charge is 0.0592 e. The highest BCUT2D eigenvalue weighted by Crippen LogP contribution is 2.22. The quantitative estimate of drug-likeness (QED) is 0.679. The largest absolute Gasteiger partial charge is 0.278 e. The van der Waals surface area contributed by atoms with Gasteiger partial charge in [-0.1, -0.05) is 29.3 Å². The van der Waals surface area contributed by atoms with E-state index >= 15 is 0 Å². The normalized spacial score (nSPS) is 10.1. The Morgan fingerprint density at radius 1 is 1.06 bits per heavy atom. The van der Waals surface area contributed by atoms with Gasteiger partial charge in [0.1, 0.15) is 0 Å². The molecule has 0 atom stereocenters. The molecule has 6 heteroatoms. The fraction of sp³-hybridized carbons (Fsp3) is 0. The summed E-state index contributed by atoms with van der Waals surface area (Å²) in [7, 11) is 0. The lowest BCUT2D eigenvalue weighted by Gasteiger charge is -2.01. The lowest BCUT2D eigenvalue weighted by Crippen LogP contribution is -1.92. The topological polar surface area (TPSA) is 37.3 Å². The van der Waals surface area contributed by atoms with Crippen molar-refractivity contribution in [1.29, 1.82) is 0 Å². The van der Waals surface area contributed by atoms with E-state index in [0.29, 0.717) is 15.6 Å². The average molecular weight is 303 g/mol. The molecule has 0 bridgehead atoms. The van der Waals surface area contributed by atoms with Crippen molar-refractivity contribution in [2.24, 2.45) is 5.10 Å². The molecule has 3 nitrogen and oxygen atoms in total. The predicted molar refractivity (Wildman–Crippen MR) is 79.2 cm³/mol. The van der Waals surface area contributed by atoms with E-state index < -0.39 is 0 Å². The first kappa shape index (κ1) is 14.8. The van der Waals surface area contributed by atoms with Gasteiger partial charge in [0, 0.05) is 18.0 Å². The summed E-state index contributed by atoms with van der Waals surface area (Å²) in [6.45, 7) is 0. The SMILES string of the molecule is Cl.Clc1cccc(Cl)c1C=NNc1ccncc1. The summed E-state index contributed by atoms with van der Waals surface area (Å²) in [5.74, 6) is 0. The minimum Gasteiger partial charge on any atom is -0.278 e. The van der Waals surface area contributed by atoms with Gasteiger partial charge < -0.3 is 0 Å². The van der Waals surface area contributed by atoms with Crippen molar-refractivity contribution >= 4 is 47.5 Å². The molecule has 1 aromatic carbocycles. The molecule has 1 aromatic heterocycles. The van der Waals surface area contributed by atoms with E-state index in [1.54, 1.807) is 36.8 Å². The maximum Gasteiger partial charge on any atom is 0.0592 e. The molecule has 1 heterocycles. The lowest BCUT2D eigenvalue weighted by atomic mass is 10.2. The van der Waals surface area contributed by atoms with Crippen LogP contribution >= 0.6 is 35.6 Å². The Kier molecular flexibility index (Phi) is 5.92. The molecule has 0 aliphatic rings. The van der Waals surface area contributed by atoms with Crippen molar-refractivity contribution in [1.82, 2.24) is 4.98 Å². The monoisotopic (exact) mass is 301 g/mol. The number of hydrogen-bond acceptors (Lipinski definition) is 3. The first-order valence-electron chi connectivity index (χ1n) is 4.90. The number of anilines is 1. The van der Waals surface area contributed by atoms with Gasteiger partial charge in [-0.3, -0.25) is 10.4 Å². The maximum atomic E-state index is 6.00. The highest BCUT2D eigenvalue weighted by molar-refractivity contribution is 6.38. The number of aromatic nitrogens is 1. The second-order valence-corrected chi connectivity index (χ2v) is 4.06. The molecular formula is C12H10Cl3N3. The molecule has 2 rings (SSSR count). The van der Waals surface area contributed by atoms with Gasteiger partial charge in [-0.15, -0.1) is 12.4 Å². The van der Waals surface area contributed by atoms with Crippen LogP contribution < -0.4 is 5.43 Å². The number of nitrogens with one attached hydrogen (secondary N) is 1. The zero-order valence-corrected chi connectivity index (χ0v) is 11.5. The molecule has 0 saturated carbocycles. The van der Waals surface area contributed by atoms with Crippen molar-refractivity contribution in [3.8, 4) is 0 Å². The summed E-state index contributed by atoms with van der Waals surface area (Å²) in [5, 5.41) is 5.20. The number of nitrogens with zero attached hydrogens (tertiary/aromatic N) is 2. The highest BCUT2D eigenvalue weighted by Gasteiger charge is 2.01. The molecule has 0 amide bonds. The molecule has 0 radical (unpaired) electrons. The average Bonchev–Trinajstić information content (AvgIpc) is 2.34. The number of hydrogen-bond donors (Lipinski definition) is 1. The summed E-state index contributed by atoms with van der Waals surface area (Å²) in [6.07, 6.45) is 4.95. The first-order valence-corrected chi connectivity index (χ1v) is 5.66. The standard InChI is InChI=1S/C12H9Cl2N3.ClH/c13-11-2-1-3-12(14)10(11)8-16-17-9-4-6-15-7-5-9;/h1-8H,(H,15,17);1H. The van der Waals surface area contributed by atoms with Crippen molar-refractivity contribution in [2.75, 3.05) is 5.43 Å². The molecule has 0 aliphatic carbocycles. The molecule has 0 saturated heterocycles. The van der Waals surface area contributed by atoms with Crippen molar-refractivity contribution < 1.29 is 0 Å². The minimum absolute atomic E-state index is 0. The molecule has 2 aromatic rings. The second kappa shape index (κ2) is 7.21. The number of benzene rings is 1. The molecule has 0 unspecified atom stereocenters. The van der Waals surface area contributed by atoms with Gasteiger partial charge in [0.05, 0.1) is 21.9 Å². The van der Waals surface area contributed by atoms with Crippen LogP contribution in [0.3, 0.4) is 0 Å². The van der Waals surface area contributed by atoms with Crippen LogP contribution in [-0.2, 0) is 0 Å². The molecule has 1 N–H and O–H groups in total. The van der Waals surface area contributed by atoms with Gasteiger partial charge in [0.15, 0.2) is 0 Å². The minimum atomic E-state index is 0. The van der Waals surface area contributed by atoms with E-state index in [-0.39, 0.29) is 12.4 Å². The van der Waals surface area contributed by atoms with Gasteiger partial charge in [-0.2, -0.15) is 5.10 Å². The zero-order valence-electron chi connectivity index (χ0n) is 9.18. The first-order chi connectivity index (χ1) is 8.27. The second-order valence-electron chi connectivity index (χ2n) is 3.24. The third-order valence-electron chi connectivity index (χ3n) is 2.07. The predicted octanol–water partition coefficient (Wildman–Crippen LogP) is 4.26. The third kappa shape index (κ3) is 3.88. The van der Waals surface area contributed by atoms with E-state index in [0.717, 1.165) is 5.69 Å². The van der Waals surface area contributed by atoms with E-state index in [2.05, 4.69) is 15.5 Å². The van der Waals surface area contributed by atoms with Crippen molar-refractivity contribution in [3.05, 3.63) is 58.3 Å². The van der Waals surface area contributed by atoms with E-state index in [1.165, 1.54) is 0 Å². The Hall–Kier alpha value is -1.29. The summed E-state index contributed by atoms with van der Waals surface area (Å²) >= 11 is 12.0. The van der Waals surface area contributed by atoms with E-state index in [4.69, 9.17) is 23.2 Å².